The second-order valence-corrected chi connectivity index (χ2v) is 7.68. The SMILES string of the molecule is C=C[C@H]1CC[C@H](c2ccc(-c3ccc(-c4ccc(F)c(F)c4)cc3)cc2)CC1. The van der Waals surface area contributed by atoms with Gasteiger partial charge in [-0.2, -0.15) is 0 Å². The van der Waals surface area contributed by atoms with Gasteiger partial charge in [0.05, 0.1) is 0 Å². The van der Waals surface area contributed by atoms with Gasteiger partial charge in [0.1, 0.15) is 0 Å². The first kappa shape index (κ1) is 18.6. The maximum absolute atomic E-state index is 13.5. The molecule has 0 radical (unpaired) electrons. The second-order valence-electron chi connectivity index (χ2n) is 7.68. The van der Waals surface area contributed by atoms with Crippen molar-refractivity contribution in [1.82, 2.24) is 0 Å². The Labute approximate surface area is 165 Å². The zero-order chi connectivity index (χ0) is 19.5. The molecular formula is C26H24F2. The molecule has 3 aromatic rings. The van der Waals surface area contributed by atoms with Crippen LogP contribution in [0.2, 0.25) is 0 Å². The van der Waals surface area contributed by atoms with Crippen molar-refractivity contribution >= 4 is 0 Å². The maximum atomic E-state index is 13.5. The fourth-order valence-corrected chi connectivity index (χ4v) is 4.17. The van der Waals surface area contributed by atoms with Crippen LogP contribution in [0.4, 0.5) is 8.78 Å². The molecule has 0 aromatic heterocycles. The zero-order valence-electron chi connectivity index (χ0n) is 15.9. The summed E-state index contributed by atoms with van der Waals surface area (Å²) in [6.45, 7) is 3.93. The van der Waals surface area contributed by atoms with Crippen molar-refractivity contribution in [3.05, 3.63) is 96.6 Å². The molecule has 2 heteroatoms. The van der Waals surface area contributed by atoms with Crippen molar-refractivity contribution in [3.63, 3.8) is 0 Å². The van der Waals surface area contributed by atoms with Crippen LogP contribution in [0.5, 0.6) is 0 Å². The first-order chi connectivity index (χ1) is 13.6. The first-order valence-corrected chi connectivity index (χ1v) is 9.92. The number of rotatable bonds is 4. The normalized spacial score (nSPS) is 19.4. The van der Waals surface area contributed by atoms with Gasteiger partial charge in [0.15, 0.2) is 11.6 Å². The highest BCUT2D eigenvalue weighted by Crippen LogP contribution is 2.37. The van der Waals surface area contributed by atoms with Crippen molar-refractivity contribution in [2.75, 3.05) is 0 Å². The summed E-state index contributed by atoms with van der Waals surface area (Å²) in [7, 11) is 0. The van der Waals surface area contributed by atoms with E-state index in [4.69, 9.17) is 0 Å². The molecule has 1 aliphatic rings. The van der Waals surface area contributed by atoms with Crippen LogP contribution in [-0.4, -0.2) is 0 Å². The molecule has 1 aliphatic carbocycles. The Morgan fingerprint density at radius 3 is 1.68 bits per heavy atom. The Hall–Kier alpha value is -2.74. The average Bonchev–Trinajstić information content (AvgIpc) is 2.76. The van der Waals surface area contributed by atoms with Gasteiger partial charge in [-0.05, 0) is 77.5 Å². The van der Waals surface area contributed by atoms with Crippen LogP contribution in [-0.2, 0) is 0 Å². The molecule has 3 aromatic carbocycles. The molecule has 0 heterocycles. The largest absolute Gasteiger partial charge is 0.204 e. The third-order valence-corrected chi connectivity index (χ3v) is 5.96. The predicted octanol–water partition coefficient (Wildman–Crippen LogP) is 7.76. The smallest absolute Gasteiger partial charge is 0.159 e. The summed E-state index contributed by atoms with van der Waals surface area (Å²) in [5.41, 5.74) is 5.26. The Morgan fingerprint density at radius 2 is 1.14 bits per heavy atom. The van der Waals surface area contributed by atoms with E-state index >= 15 is 0 Å². The van der Waals surface area contributed by atoms with E-state index in [9.17, 15) is 8.78 Å². The molecule has 142 valence electrons. The highest BCUT2D eigenvalue weighted by molar-refractivity contribution is 5.70. The number of benzene rings is 3. The molecule has 0 unspecified atom stereocenters. The van der Waals surface area contributed by atoms with Crippen LogP contribution in [0.25, 0.3) is 22.3 Å². The van der Waals surface area contributed by atoms with E-state index in [1.807, 2.05) is 24.3 Å². The van der Waals surface area contributed by atoms with E-state index in [1.54, 1.807) is 6.07 Å². The average molecular weight is 374 g/mol. The summed E-state index contributed by atoms with van der Waals surface area (Å²) in [4.78, 5) is 0. The Kier molecular flexibility index (Phi) is 5.38. The van der Waals surface area contributed by atoms with E-state index in [0.29, 0.717) is 17.4 Å². The van der Waals surface area contributed by atoms with Crippen LogP contribution < -0.4 is 0 Å². The summed E-state index contributed by atoms with van der Waals surface area (Å²) < 4.78 is 26.6. The van der Waals surface area contributed by atoms with Crippen LogP contribution >= 0.6 is 0 Å². The molecule has 0 saturated heterocycles. The molecule has 0 N–H and O–H groups in total. The van der Waals surface area contributed by atoms with Crippen LogP contribution in [0, 0.1) is 17.6 Å². The Morgan fingerprint density at radius 1 is 0.643 bits per heavy atom. The molecule has 0 aliphatic heterocycles. The lowest BCUT2D eigenvalue weighted by Gasteiger charge is -2.27. The monoisotopic (exact) mass is 374 g/mol. The summed E-state index contributed by atoms with van der Waals surface area (Å²) in [6.07, 6.45) is 7.05. The second kappa shape index (κ2) is 8.10. The lowest BCUT2D eigenvalue weighted by atomic mass is 9.78. The minimum atomic E-state index is -0.821. The predicted molar refractivity (Wildman–Crippen MR) is 112 cm³/mol. The molecule has 1 saturated carbocycles. The van der Waals surface area contributed by atoms with Crippen LogP contribution in [0.15, 0.2) is 79.4 Å². The Balaban J connectivity index is 1.48. The van der Waals surface area contributed by atoms with Gasteiger partial charge >= 0.3 is 0 Å². The minimum Gasteiger partial charge on any atom is -0.204 e. The van der Waals surface area contributed by atoms with Gasteiger partial charge in [0.25, 0.3) is 0 Å². The summed E-state index contributed by atoms with van der Waals surface area (Å²) >= 11 is 0. The van der Waals surface area contributed by atoms with Gasteiger partial charge in [0, 0.05) is 0 Å². The van der Waals surface area contributed by atoms with E-state index in [2.05, 4.69) is 36.9 Å². The Bertz CT molecular complexity index is 947. The van der Waals surface area contributed by atoms with Crippen LogP contribution in [0.1, 0.15) is 37.2 Å². The van der Waals surface area contributed by atoms with Gasteiger partial charge in [-0.3, -0.25) is 0 Å². The third-order valence-electron chi connectivity index (χ3n) is 5.96. The van der Waals surface area contributed by atoms with Crippen molar-refractivity contribution in [2.45, 2.75) is 31.6 Å². The topological polar surface area (TPSA) is 0 Å². The number of hydrogen-bond acceptors (Lipinski definition) is 0. The van der Waals surface area contributed by atoms with Gasteiger partial charge in [-0.1, -0.05) is 60.7 Å². The highest BCUT2D eigenvalue weighted by Gasteiger charge is 2.20. The molecule has 0 amide bonds. The molecule has 0 spiro atoms. The van der Waals surface area contributed by atoms with Crippen molar-refractivity contribution in [3.8, 4) is 22.3 Å². The molecule has 4 rings (SSSR count). The minimum absolute atomic E-state index is 0.654. The first-order valence-electron chi connectivity index (χ1n) is 9.92. The fourth-order valence-electron chi connectivity index (χ4n) is 4.17. The van der Waals surface area contributed by atoms with Crippen molar-refractivity contribution < 1.29 is 8.78 Å². The van der Waals surface area contributed by atoms with Gasteiger partial charge in [-0.15, -0.1) is 6.58 Å². The van der Waals surface area contributed by atoms with Crippen molar-refractivity contribution in [2.24, 2.45) is 5.92 Å². The highest BCUT2D eigenvalue weighted by atomic mass is 19.2. The van der Waals surface area contributed by atoms with E-state index in [1.165, 1.54) is 48.9 Å². The van der Waals surface area contributed by atoms with E-state index in [-0.39, 0.29) is 0 Å². The molecule has 0 nitrogen and oxygen atoms in total. The van der Waals surface area contributed by atoms with E-state index < -0.39 is 11.6 Å². The fraction of sp³-hybridized carbons (Fsp3) is 0.231. The third kappa shape index (κ3) is 3.91. The number of halogens is 2. The standard InChI is InChI=1S/C26H24F2/c1-2-18-3-5-19(6-4-18)20-7-9-21(10-8-20)22-11-13-23(14-12-22)24-15-16-25(27)26(28)17-24/h2,7-19H,1,3-6H2/t18-,19-. The molecule has 0 bridgehead atoms. The summed E-state index contributed by atoms with van der Waals surface area (Å²) in [5.74, 6) is -0.303. The lowest BCUT2D eigenvalue weighted by Crippen LogP contribution is -2.11. The van der Waals surface area contributed by atoms with Gasteiger partial charge in [0.2, 0.25) is 0 Å². The van der Waals surface area contributed by atoms with Crippen LogP contribution in [0.3, 0.4) is 0 Å². The lowest BCUT2D eigenvalue weighted by molar-refractivity contribution is 0.376. The summed E-state index contributed by atoms with van der Waals surface area (Å²) in [6, 6.07) is 20.8. The van der Waals surface area contributed by atoms with Crippen molar-refractivity contribution in [1.29, 1.82) is 0 Å². The molecular weight excluding hydrogens is 350 g/mol. The number of hydrogen-bond donors (Lipinski definition) is 0. The maximum Gasteiger partial charge on any atom is 0.159 e. The zero-order valence-corrected chi connectivity index (χ0v) is 15.9. The molecule has 28 heavy (non-hydrogen) atoms. The number of allylic oxidation sites excluding steroid dienone is 1. The van der Waals surface area contributed by atoms with Gasteiger partial charge < -0.3 is 0 Å². The summed E-state index contributed by atoms with van der Waals surface area (Å²) in [5, 5.41) is 0. The molecule has 0 atom stereocenters. The van der Waals surface area contributed by atoms with E-state index in [0.717, 1.165) is 11.1 Å². The molecule has 1 fully saturated rings. The quantitative estimate of drug-likeness (QED) is 0.409. The van der Waals surface area contributed by atoms with Gasteiger partial charge in [-0.25, -0.2) is 8.78 Å².